The van der Waals surface area contributed by atoms with Gasteiger partial charge in [-0.3, -0.25) is 4.79 Å². The van der Waals surface area contributed by atoms with Crippen molar-refractivity contribution in [3.63, 3.8) is 0 Å². The molecular formula is C20H24N6O2. The number of nitrogens with zero attached hydrogens (tertiary/aromatic N) is 5. The van der Waals surface area contributed by atoms with Crippen LogP contribution >= 0.6 is 0 Å². The Hall–Kier alpha value is -3.16. The van der Waals surface area contributed by atoms with Crippen LogP contribution in [0, 0.1) is 5.92 Å². The molecule has 1 amide bonds. The van der Waals surface area contributed by atoms with E-state index in [1.165, 1.54) is 10.8 Å². The van der Waals surface area contributed by atoms with Crippen molar-refractivity contribution in [2.75, 3.05) is 18.0 Å². The van der Waals surface area contributed by atoms with Gasteiger partial charge in [-0.05, 0) is 30.4 Å². The van der Waals surface area contributed by atoms with E-state index in [0.717, 1.165) is 35.6 Å². The van der Waals surface area contributed by atoms with Crippen molar-refractivity contribution < 1.29 is 4.79 Å². The number of benzene rings is 1. The maximum atomic E-state index is 12.5. The zero-order chi connectivity index (χ0) is 19.5. The Morgan fingerprint density at radius 3 is 2.86 bits per heavy atom. The molecule has 8 heteroatoms. The second-order valence-corrected chi connectivity index (χ2v) is 7.35. The Balaban J connectivity index is 1.47. The second-order valence-electron chi connectivity index (χ2n) is 7.35. The summed E-state index contributed by atoms with van der Waals surface area (Å²) in [5.74, 6) is 1.50. The number of nitrogens with one attached hydrogen (secondary N) is 1. The molecule has 1 N–H and O–H groups in total. The minimum atomic E-state index is -0.365. The zero-order valence-electron chi connectivity index (χ0n) is 15.9. The minimum Gasteiger partial charge on any atom is -0.356 e. The summed E-state index contributed by atoms with van der Waals surface area (Å²) in [5, 5.41) is 7.06. The minimum absolute atomic E-state index is 0.134. The molecule has 2 aromatic heterocycles. The molecule has 0 saturated carbocycles. The molecule has 0 spiro atoms. The first kappa shape index (κ1) is 18.2. The average molecular weight is 380 g/mol. The fourth-order valence-electron chi connectivity index (χ4n) is 3.56. The summed E-state index contributed by atoms with van der Waals surface area (Å²) in [5.41, 5.74) is 0.635. The molecule has 3 heterocycles. The van der Waals surface area contributed by atoms with Gasteiger partial charge in [0, 0.05) is 25.8 Å². The SMILES string of the molecule is C[C@@H]1CCCN(c2ccn3c(=O)n(CC(=O)NCc4ccccc4)nc3n2)C1. The number of amides is 1. The maximum absolute atomic E-state index is 12.5. The van der Waals surface area contributed by atoms with E-state index in [2.05, 4.69) is 27.2 Å². The number of carbonyl (C=O) groups is 1. The van der Waals surface area contributed by atoms with Gasteiger partial charge in [0.15, 0.2) is 0 Å². The lowest BCUT2D eigenvalue weighted by atomic mass is 10.0. The van der Waals surface area contributed by atoms with Crippen molar-refractivity contribution in [2.24, 2.45) is 5.92 Å². The van der Waals surface area contributed by atoms with Crippen LogP contribution < -0.4 is 15.9 Å². The average Bonchev–Trinajstić information content (AvgIpc) is 3.02. The van der Waals surface area contributed by atoms with E-state index in [1.54, 1.807) is 6.20 Å². The fourth-order valence-corrected chi connectivity index (χ4v) is 3.56. The van der Waals surface area contributed by atoms with Crippen LogP contribution in [0.1, 0.15) is 25.3 Å². The van der Waals surface area contributed by atoms with Gasteiger partial charge in [-0.15, -0.1) is 5.10 Å². The monoisotopic (exact) mass is 380 g/mol. The highest BCUT2D eigenvalue weighted by atomic mass is 16.2. The van der Waals surface area contributed by atoms with Crippen molar-refractivity contribution >= 4 is 17.5 Å². The Morgan fingerprint density at radius 2 is 2.07 bits per heavy atom. The largest absolute Gasteiger partial charge is 0.356 e. The molecule has 4 rings (SSSR count). The van der Waals surface area contributed by atoms with Crippen LogP contribution in [0.5, 0.6) is 0 Å². The molecule has 1 aliphatic heterocycles. The Kier molecular flexibility index (Phi) is 5.10. The predicted octanol–water partition coefficient (Wildman–Crippen LogP) is 1.44. The molecule has 28 heavy (non-hydrogen) atoms. The maximum Gasteiger partial charge on any atom is 0.352 e. The van der Waals surface area contributed by atoms with Crippen molar-refractivity contribution in [1.29, 1.82) is 0 Å². The van der Waals surface area contributed by atoms with E-state index in [4.69, 9.17) is 0 Å². The molecule has 0 radical (unpaired) electrons. The normalized spacial score (nSPS) is 17.0. The topological polar surface area (TPSA) is 84.5 Å². The van der Waals surface area contributed by atoms with Crippen LogP contribution in [-0.4, -0.2) is 38.2 Å². The summed E-state index contributed by atoms with van der Waals surface area (Å²) >= 11 is 0. The Morgan fingerprint density at radius 1 is 1.25 bits per heavy atom. The Bertz CT molecular complexity index is 1030. The van der Waals surface area contributed by atoms with Gasteiger partial charge in [-0.1, -0.05) is 37.3 Å². The molecular weight excluding hydrogens is 356 g/mol. The second kappa shape index (κ2) is 7.84. The third kappa shape index (κ3) is 3.90. The van der Waals surface area contributed by atoms with Crippen LogP contribution in [0.4, 0.5) is 5.82 Å². The number of carbonyl (C=O) groups excluding carboxylic acids is 1. The number of anilines is 1. The predicted molar refractivity (Wildman–Crippen MR) is 106 cm³/mol. The van der Waals surface area contributed by atoms with Gasteiger partial charge in [-0.25, -0.2) is 13.9 Å². The van der Waals surface area contributed by atoms with Gasteiger partial charge in [0.1, 0.15) is 12.4 Å². The van der Waals surface area contributed by atoms with Crippen LogP contribution in [-0.2, 0) is 17.9 Å². The lowest BCUT2D eigenvalue weighted by molar-refractivity contribution is -0.122. The molecule has 1 atom stereocenters. The van der Waals surface area contributed by atoms with Crippen LogP contribution in [0.15, 0.2) is 47.4 Å². The third-order valence-corrected chi connectivity index (χ3v) is 5.05. The fraction of sp³-hybridized carbons (Fsp3) is 0.400. The number of hydrogen-bond donors (Lipinski definition) is 1. The number of fused-ring (bicyclic) bond motifs is 1. The molecule has 0 bridgehead atoms. The van der Waals surface area contributed by atoms with Gasteiger partial charge < -0.3 is 10.2 Å². The van der Waals surface area contributed by atoms with Gasteiger partial charge >= 0.3 is 5.69 Å². The van der Waals surface area contributed by atoms with E-state index in [9.17, 15) is 9.59 Å². The summed E-state index contributed by atoms with van der Waals surface area (Å²) in [6.07, 6.45) is 4.05. The number of aromatic nitrogens is 4. The van der Waals surface area contributed by atoms with Crippen molar-refractivity contribution in [2.45, 2.75) is 32.9 Å². The smallest absolute Gasteiger partial charge is 0.352 e. The molecule has 1 aliphatic rings. The molecule has 3 aromatic rings. The summed E-state index contributed by atoms with van der Waals surface area (Å²) in [6, 6.07) is 11.5. The van der Waals surface area contributed by atoms with Crippen LogP contribution in [0.3, 0.4) is 0 Å². The van der Waals surface area contributed by atoms with E-state index in [0.29, 0.717) is 18.2 Å². The van der Waals surface area contributed by atoms with Crippen LogP contribution in [0.2, 0.25) is 0 Å². The molecule has 146 valence electrons. The third-order valence-electron chi connectivity index (χ3n) is 5.05. The summed E-state index contributed by atoms with van der Waals surface area (Å²) < 4.78 is 2.53. The van der Waals surface area contributed by atoms with E-state index in [-0.39, 0.29) is 18.1 Å². The lowest BCUT2D eigenvalue weighted by Crippen LogP contribution is -2.35. The number of piperidine rings is 1. The molecule has 1 aromatic carbocycles. The van der Waals surface area contributed by atoms with Gasteiger partial charge in [-0.2, -0.15) is 4.98 Å². The molecule has 0 aliphatic carbocycles. The van der Waals surface area contributed by atoms with Gasteiger partial charge in [0.05, 0.1) is 0 Å². The molecule has 1 fully saturated rings. The summed E-state index contributed by atoms with van der Waals surface area (Å²) in [6.45, 7) is 4.43. The van der Waals surface area contributed by atoms with Crippen LogP contribution in [0.25, 0.3) is 5.78 Å². The quantitative estimate of drug-likeness (QED) is 0.724. The van der Waals surface area contributed by atoms with Gasteiger partial charge in [0.2, 0.25) is 5.91 Å². The number of rotatable bonds is 5. The van der Waals surface area contributed by atoms with Crippen molar-refractivity contribution in [3.05, 3.63) is 58.6 Å². The van der Waals surface area contributed by atoms with Crippen molar-refractivity contribution in [3.8, 4) is 0 Å². The Labute approximate surface area is 162 Å². The first-order valence-corrected chi connectivity index (χ1v) is 9.62. The standard InChI is InChI=1S/C20H24N6O2/c1-15-6-5-10-24(13-15)17-9-11-25-19(22-17)23-26(20(25)28)14-18(27)21-12-16-7-3-2-4-8-16/h2-4,7-9,11,15H,5-6,10,12-14H2,1H3,(H,21,27)/t15-/m1/s1. The highest BCUT2D eigenvalue weighted by molar-refractivity contribution is 5.75. The highest BCUT2D eigenvalue weighted by Gasteiger charge is 2.19. The first-order valence-electron chi connectivity index (χ1n) is 9.62. The van der Waals surface area contributed by atoms with E-state index in [1.807, 2.05) is 36.4 Å². The van der Waals surface area contributed by atoms with Gasteiger partial charge in [0.25, 0.3) is 5.78 Å². The molecule has 1 saturated heterocycles. The molecule has 0 unspecified atom stereocenters. The summed E-state index contributed by atoms with van der Waals surface area (Å²) in [4.78, 5) is 31.5. The number of hydrogen-bond acceptors (Lipinski definition) is 5. The van der Waals surface area contributed by atoms with E-state index >= 15 is 0 Å². The highest BCUT2D eigenvalue weighted by Crippen LogP contribution is 2.21. The summed E-state index contributed by atoms with van der Waals surface area (Å²) in [7, 11) is 0. The first-order chi connectivity index (χ1) is 13.6. The van der Waals surface area contributed by atoms with Crippen molar-refractivity contribution in [1.82, 2.24) is 24.5 Å². The molecule has 8 nitrogen and oxygen atoms in total. The van der Waals surface area contributed by atoms with E-state index < -0.39 is 0 Å². The zero-order valence-corrected chi connectivity index (χ0v) is 15.9. The lowest BCUT2D eigenvalue weighted by Gasteiger charge is -2.31.